The van der Waals surface area contributed by atoms with Crippen LogP contribution in [0.2, 0.25) is 5.02 Å². The Morgan fingerprint density at radius 3 is 2.49 bits per heavy atom. The molecule has 1 amide bonds. The first kappa shape index (κ1) is 31.0. The zero-order valence-electron chi connectivity index (χ0n) is 26.7. The van der Waals surface area contributed by atoms with Gasteiger partial charge in [0.2, 0.25) is 0 Å². The van der Waals surface area contributed by atoms with Crippen LogP contribution in [0.25, 0.3) is 27.5 Å². The van der Waals surface area contributed by atoms with Gasteiger partial charge in [0, 0.05) is 37.1 Å². The summed E-state index contributed by atoms with van der Waals surface area (Å²) in [5.74, 6) is 0.987. The van der Waals surface area contributed by atoms with Crippen molar-refractivity contribution in [3.05, 3.63) is 57.6 Å². The van der Waals surface area contributed by atoms with Crippen LogP contribution in [0.1, 0.15) is 46.4 Å². The third-order valence-electron chi connectivity index (χ3n) is 8.55. The fourth-order valence-corrected chi connectivity index (χ4v) is 6.55. The molecular formula is C33H40ClN7O4. The summed E-state index contributed by atoms with van der Waals surface area (Å²) in [5, 5.41) is 2.21. The molecule has 0 aliphatic carbocycles. The highest BCUT2D eigenvalue weighted by molar-refractivity contribution is 6.36. The number of fused-ring (bicyclic) bond motifs is 2. The normalized spacial score (nSPS) is 19.4. The van der Waals surface area contributed by atoms with Gasteiger partial charge in [-0.3, -0.25) is 9.36 Å². The van der Waals surface area contributed by atoms with Gasteiger partial charge in [0.15, 0.2) is 11.3 Å². The van der Waals surface area contributed by atoms with Gasteiger partial charge in [-0.05, 0) is 78.6 Å². The maximum atomic E-state index is 14.4. The van der Waals surface area contributed by atoms with Crippen molar-refractivity contribution >= 4 is 45.3 Å². The van der Waals surface area contributed by atoms with E-state index in [1.54, 1.807) is 16.4 Å². The van der Waals surface area contributed by atoms with Crippen LogP contribution in [0.4, 0.5) is 10.6 Å². The molecule has 0 radical (unpaired) electrons. The van der Waals surface area contributed by atoms with Gasteiger partial charge in [-0.1, -0.05) is 35.9 Å². The lowest BCUT2D eigenvalue weighted by atomic mass is 10.1. The van der Waals surface area contributed by atoms with Crippen LogP contribution in [0.15, 0.2) is 41.2 Å². The first-order valence-corrected chi connectivity index (χ1v) is 15.9. The van der Waals surface area contributed by atoms with Crippen LogP contribution in [0.5, 0.6) is 6.01 Å². The summed E-state index contributed by atoms with van der Waals surface area (Å²) in [6.45, 7) is 12.1. The average Bonchev–Trinajstić information content (AvgIpc) is 3.39. The van der Waals surface area contributed by atoms with Crippen LogP contribution < -0.4 is 15.2 Å². The van der Waals surface area contributed by atoms with E-state index in [1.807, 2.05) is 64.1 Å². The van der Waals surface area contributed by atoms with Crippen molar-refractivity contribution in [2.75, 3.05) is 44.7 Å². The minimum atomic E-state index is -0.588. The molecule has 238 valence electrons. The number of nitrogens with zero attached hydrogens (tertiary/aromatic N) is 7. The second-order valence-electron chi connectivity index (χ2n) is 13.0. The summed E-state index contributed by atoms with van der Waals surface area (Å²) in [7, 11) is 2.08. The van der Waals surface area contributed by atoms with Crippen LogP contribution >= 0.6 is 11.6 Å². The highest BCUT2D eigenvalue weighted by Gasteiger charge is 2.33. The molecule has 45 heavy (non-hydrogen) atoms. The molecule has 2 aliphatic heterocycles. The van der Waals surface area contributed by atoms with Crippen LogP contribution in [-0.2, 0) is 4.74 Å². The van der Waals surface area contributed by atoms with E-state index in [1.165, 1.54) is 0 Å². The van der Waals surface area contributed by atoms with Gasteiger partial charge < -0.3 is 24.2 Å². The maximum absolute atomic E-state index is 14.4. The van der Waals surface area contributed by atoms with Crippen molar-refractivity contribution in [3.8, 4) is 11.7 Å². The van der Waals surface area contributed by atoms with E-state index in [4.69, 9.17) is 31.0 Å². The Bertz CT molecular complexity index is 1820. The number of anilines is 1. The van der Waals surface area contributed by atoms with Gasteiger partial charge in [0.05, 0.1) is 10.7 Å². The number of likely N-dealkylation sites (tertiary alicyclic amines) is 1. The number of hydrogen-bond acceptors (Lipinski definition) is 9. The molecule has 4 aromatic rings. The summed E-state index contributed by atoms with van der Waals surface area (Å²) in [4.78, 5) is 47.7. The Morgan fingerprint density at radius 1 is 1.04 bits per heavy atom. The SMILES string of the molecule is Cc1nc2c(N3CCN(C(=O)OC(C)(C)C)C[C@@H]3C)nc(OCC3CCCN3C)nc2c(=O)n1-c1cccc2cccc(Cl)c12. The van der Waals surface area contributed by atoms with E-state index in [9.17, 15) is 9.59 Å². The lowest BCUT2D eigenvalue weighted by molar-refractivity contribution is 0.0218. The smallest absolute Gasteiger partial charge is 0.410 e. The number of rotatable bonds is 5. The molecule has 2 aromatic heterocycles. The molecule has 11 nitrogen and oxygen atoms in total. The van der Waals surface area contributed by atoms with Gasteiger partial charge in [0.1, 0.15) is 23.5 Å². The third kappa shape index (κ3) is 6.15. The average molecular weight is 634 g/mol. The van der Waals surface area contributed by atoms with Crippen molar-refractivity contribution in [2.45, 2.75) is 65.1 Å². The second kappa shape index (κ2) is 12.1. The lowest BCUT2D eigenvalue weighted by Crippen LogP contribution is -2.55. The lowest BCUT2D eigenvalue weighted by Gasteiger charge is -2.40. The van der Waals surface area contributed by atoms with Crippen molar-refractivity contribution in [3.63, 3.8) is 0 Å². The van der Waals surface area contributed by atoms with Crippen molar-refractivity contribution < 1.29 is 14.3 Å². The van der Waals surface area contributed by atoms with Crippen LogP contribution in [-0.4, -0.2) is 92.9 Å². The molecule has 2 saturated heterocycles. The zero-order valence-corrected chi connectivity index (χ0v) is 27.5. The third-order valence-corrected chi connectivity index (χ3v) is 8.86. The molecule has 0 bridgehead atoms. The minimum absolute atomic E-state index is 0.129. The number of amides is 1. The Hall–Kier alpha value is -3.96. The zero-order chi connectivity index (χ0) is 32.0. The monoisotopic (exact) mass is 633 g/mol. The number of carbonyl (C=O) groups is 1. The number of piperazine rings is 1. The molecule has 4 heterocycles. The fourth-order valence-electron chi connectivity index (χ4n) is 6.28. The number of aryl methyl sites for hydroxylation is 1. The molecule has 0 spiro atoms. The highest BCUT2D eigenvalue weighted by atomic mass is 35.5. The predicted octanol–water partition coefficient (Wildman–Crippen LogP) is 5.21. The van der Waals surface area contributed by atoms with E-state index in [2.05, 4.69) is 21.8 Å². The summed E-state index contributed by atoms with van der Waals surface area (Å²) in [6.07, 6.45) is 1.78. The number of ether oxygens (including phenoxy) is 2. The number of likely N-dealkylation sites (N-methyl/N-ethyl adjacent to an activating group) is 1. The Labute approximate surface area is 267 Å². The van der Waals surface area contributed by atoms with Gasteiger partial charge >= 0.3 is 12.1 Å². The number of hydrogen-bond donors (Lipinski definition) is 0. The molecule has 6 rings (SSSR count). The molecule has 0 N–H and O–H groups in total. The van der Waals surface area contributed by atoms with E-state index in [0.717, 1.165) is 30.2 Å². The van der Waals surface area contributed by atoms with Crippen LogP contribution in [0, 0.1) is 6.92 Å². The minimum Gasteiger partial charge on any atom is -0.462 e. The molecule has 0 saturated carbocycles. The van der Waals surface area contributed by atoms with Crippen molar-refractivity contribution in [1.82, 2.24) is 29.3 Å². The Balaban J connectivity index is 1.45. The molecule has 2 aliphatic rings. The first-order chi connectivity index (χ1) is 21.4. The summed E-state index contributed by atoms with van der Waals surface area (Å²) in [6, 6.07) is 11.6. The van der Waals surface area contributed by atoms with Crippen molar-refractivity contribution in [2.24, 2.45) is 0 Å². The van der Waals surface area contributed by atoms with Gasteiger partial charge in [0.25, 0.3) is 5.56 Å². The topological polar surface area (TPSA) is 106 Å². The van der Waals surface area contributed by atoms with E-state index >= 15 is 0 Å². The molecule has 1 unspecified atom stereocenters. The van der Waals surface area contributed by atoms with E-state index in [0.29, 0.717) is 54.1 Å². The fraction of sp³-hybridized carbons (Fsp3) is 0.485. The maximum Gasteiger partial charge on any atom is 0.410 e. The Morgan fingerprint density at radius 2 is 1.80 bits per heavy atom. The Kier molecular flexibility index (Phi) is 8.34. The number of carbonyl (C=O) groups excluding carboxylic acids is 1. The predicted molar refractivity (Wildman–Crippen MR) is 176 cm³/mol. The van der Waals surface area contributed by atoms with Gasteiger partial charge in [-0.25, -0.2) is 9.78 Å². The molecule has 2 fully saturated rings. The highest BCUT2D eigenvalue weighted by Crippen LogP contribution is 2.32. The molecule has 2 atom stereocenters. The van der Waals surface area contributed by atoms with E-state index < -0.39 is 5.60 Å². The van der Waals surface area contributed by atoms with Crippen LogP contribution in [0.3, 0.4) is 0 Å². The van der Waals surface area contributed by atoms with E-state index in [-0.39, 0.29) is 35.3 Å². The van der Waals surface area contributed by atoms with Gasteiger partial charge in [-0.15, -0.1) is 0 Å². The quantitative estimate of drug-likeness (QED) is 0.293. The molecule has 2 aromatic carbocycles. The number of aromatic nitrogens is 4. The number of benzene rings is 2. The molecule has 12 heteroatoms. The second-order valence-corrected chi connectivity index (χ2v) is 13.4. The standard InChI is InChI=1S/C33H40ClN7O4/c1-20-18-39(32(43)45-33(3,4)5)16-17-40(20)29-27-28(36-31(37-29)44-19-23-12-9-15-38(23)6)30(42)41(21(2)35-27)25-14-8-11-22-10-7-13-24(34)26(22)25/h7-8,10-11,13-14,20,23H,9,12,15-19H2,1-6H3/t20-,23?/m0/s1. The molecular weight excluding hydrogens is 594 g/mol. The van der Waals surface area contributed by atoms with Gasteiger partial charge in [-0.2, -0.15) is 9.97 Å². The first-order valence-electron chi connectivity index (χ1n) is 15.5. The summed E-state index contributed by atoms with van der Waals surface area (Å²) in [5.41, 5.74) is 0.255. The largest absolute Gasteiger partial charge is 0.462 e. The number of halogens is 1. The van der Waals surface area contributed by atoms with Crippen molar-refractivity contribution in [1.29, 1.82) is 0 Å². The summed E-state index contributed by atoms with van der Waals surface area (Å²) >= 11 is 6.66. The summed E-state index contributed by atoms with van der Waals surface area (Å²) < 4.78 is 13.4.